The third-order valence-corrected chi connectivity index (χ3v) is 5.61. The minimum atomic E-state index is -0.0880. The third kappa shape index (κ3) is 3.07. The lowest BCUT2D eigenvalue weighted by Gasteiger charge is -2.11. The molecule has 5 nitrogen and oxygen atoms in total. The SMILES string of the molecule is O=C(NCc1cn2c(n1)CCCC2)c1cnc(-c2ccsc2)s1. The molecule has 3 aromatic heterocycles. The van der Waals surface area contributed by atoms with E-state index in [-0.39, 0.29) is 5.91 Å². The number of thiazole rings is 1. The summed E-state index contributed by atoms with van der Waals surface area (Å²) in [7, 11) is 0. The van der Waals surface area contributed by atoms with Crippen molar-refractivity contribution in [2.45, 2.75) is 32.4 Å². The molecule has 1 amide bonds. The van der Waals surface area contributed by atoms with Crippen molar-refractivity contribution >= 4 is 28.6 Å². The number of aryl methyl sites for hydroxylation is 2. The molecule has 0 saturated heterocycles. The van der Waals surface area contributed by atoms with Gasteiger partial charge in [-0.15, -0.1) is 11.3 Å². The molecule has 0 bridgehead atoms. The molecule has 0 radical (unpaired) electrons. The van der Waals surface area contributed by atoms with E-state index < -0.39 is 0 Å². The van der Waals surface area contributed by atoms with Crippen molar-refractivity contribution in [2.75, 3.05) is 0 Å². The number of amides is 1. The zero-order valence-corrected chi connectivity index (χ0v) is 14.1. The van der Waals surface area contributed by atoms with Crippen LogP contribution in [0.3, 0.4) is 0 Å². The van der Waals surface area contributed by atoms with Crippen LogP contribution in [0, 0.1) is 0 Å². The molecule has 4 rings (SSSR count). The summed E-state index contributed by atoms with van der Waals surface area (Å²) in [6, 6.07) is 2.01. The van der Waals surface area contributed by atoms with Crippen molar-refractivity contribution in [2.24, 2.45) is 0 Å². The van der Waals surface area contributed by atoms with Gasteiger partial charge in [-0.25, -0.2) is 9.97 Å². The van der Waals surface area contributed by atoms with Crippen molar-refractivity contribution in [3.05, 3.63) is 45.6 Å². The fraction of sp³-hybridized carbons (Fsp3) is 0.312. The number of carbonyl (C=O) groups is 1. The highest BCUT2D eigenvalue weighted by Crippen LogP contribution is 2.26. The van der Waals surface area contributed by atoms with Crippen LogP contribution in [0.25, 0.3) is 10.6 Å². The first kappa shape index (κ1) is 14.6. The molecule has 0 spiro atoms. The van der Waals surface area contributed by atoms with E-state index in [4.69, 9.17) is 0 Å². The van der Waals surface area contributed by atoms with Gasteiger partial charge < -0.3 is 9.88 Å². The van der Waals surface area contributed by atoms with Crippen LogP contribution < -0.4 is 5.32 Å². The topological polar surface area (TPSA) is 59.8 Å². The number of aromatic nitrogens is 3. The second-order valence-corrected chi connectivity index (χ2v) is 7.33. The smallest absolute Gasteiger partial charge is 0.263 e. The van der Waals surface area contributed by atoms with E-state index in [1.54, 1.807) is 17.5 Å². The van der Waals surface area contributed by atoms with Crippen LogP contribution in [0.4, 0.5) is 0 Å². The Balaban J connectivity index is 1.41. The number of imidazole rings is 1. The monoisotopic (exact) mass is 344 g/mol. The van der Waals surface area contributed by atoms with E-state index in [2.05, 4.69) is 26.0 Å². The Labute approximate surface area is 142 Å². The van der Waals surface area contributed by atoms with Crippen LogP contribution >= 0.6 is 22.7 Å². The molecule has 23 heavy (non-hydrogen) atoms. The Bertz CT molecular complexity index is 796. The van der Waals surface area contributed by atoms with Gasteiger partial charge in [0, 0.05) is 30.1 Å². The molecule has 0 aromatic carbocycles. The van der Waals surface area contributed by atoms with Gasteiger partial charge in [0.15, 0.2) is 0 Å². The zero-order valence-electron chi connectivity index (χ0n) is 12.5. The maximum absolute atomic E-state index is 12.3. The molecular weight excluding hydrogens is 328 g/mol. The standard InChI is InChI=1S/C16H16N4OS2/c21-15(13-8-18-16(23-13)11-4-6-22-10-11)17-7-12-9-20-5-2-1-3-14(20)19-12/h4,6,8-10H,1-3,5,7H2,(H,17,21). The summed E-state index contributed by atoms with van der Waals surface area (Å²) in [6.45, 7) is 1.50. The van der Waals surface area contributed by atoms with Crippen molar-refractivity contribution in [3.8, 4) is 10.6 Å². The molecule has 0 aliphatic carbocycles. The first-order valence-corrected chi connectivity index (χ1v) is 9.37. The lowest BCUT2D eigenvalue weighted by atomic mass is 10.2. The second kappa shape index (κ2) is 6.25. The molecule has 0 saturated carbocycles. The van der Waals surface area contributed by atoms with Gasteiger partial charge in [-0.2, -0.15) is 11.3 Å². The molecule has 0 unspecified atom stereocenters. The zero-order chi connectivity index (χ0) is 15.6. The number of hydrogen-bond donors (Lipinski definition) is 1. The van der Waals surface area contributed by atoms with Crippen molar-refractivity contribution in [1.82, 2.24) is 19.9 Å². The summed E-state index contributed by atoms with van der Waals surface area (Å²) < 4.78 is 2.20. The van der Waals surface area contributed by atoms with Crippen molar-refractivity contribution in [3.63, 3.8) is 0 Å². The van der Waals surface area contributed by atoms with Crippen LogP contribution in [0.2, 0.25) is 0 Å². The first-order valence-electron chi connectivity index (χ1n) is 7.61. The molecule has 118 valence electrons. The Morgan fingerprint density at radius 1 is 1.39 bits per heavy atom. The maximum Gasteiger partial charge on any atom is 0.263 e. The van der Waals surface area contributed by atoms with E-state index in [1.165, 1.54) is 24.2 Å². The summed E-state index contributed by atoms with van der Waals surface area (Å²) in [5.74, 6) is 1.05. The van der Waals surface area contributed by atoms with E-state index in [0.29, 0.717) is 11.4 Å². The summed E-state index contributed by atoms with van der Waals surface area (Å²) in [4.78, 5) is 21.8. The van der Waals surface area contributed by atoms with E-state index in [1.807, 2.05) is 16.8 Å². The molecular formula is C16H16N4OS2. The lowest BCUT2D eigenvalue weighted by Crippen LogP contribution is -2.22. The molecule has 0 atom stereocenters. The number of nitrogens with one attached hydrogen (secondary N) is 1. The largest absolute Gasteiger partial charge is 0.346 e. The number of hydrogen-bond acceptors (Lipinski definition) is 5. The summed E-state index contributed by atoms with van der Waals surface area (Å²) in [6.07, 6.45) is 7.15. The minimum Gasteiger partial charge on any atom is -0.346 e. The maximum atomic E-state index is 12.3. The van der Waals surface area contributed by atoms with Gasteiger partial charge in [0.1, 0.15) is 15.7 Å². The summed E-state index contributed by atoms with van der Waals surface area (Å²) in [5, 5.41) is 7.87. The number of nitrogens with zero attached hydrogens (tertiary/aromatic N) is 3. The van der Waals surface area contributed by atoms with Gasteiger partial charge in [0.05, 0.1) is 18.4 Å². The number of carbonyl (C=O) groups excluding carboxylic acids is 1. The minimum absolute atomic E-state index is 0.0880. The third-order valence-electron chi connectivity index (χ3n) is 3.89. The average Bonchev–Trinajstić information content (AvgIpc) is 3.31. The normalized spacial score (nSPS) is 13.7. The van der Waals surface area contributed by atoms with Crippen molar-refractivity contribution in [1.29, 1.82) is 0 Å². The van der Waals surface area contributed by atoms with Crippen molar-refractivity contribution < 1.29 is 4.79 Å². The average molecular weight is 344 g/mol. The van der Waals surface area contributed by atoms with Gasteiger partial charge in [-0.3, -0.25) is 4.79 Å². The molecule has 7 heteroatoms. The first-order chi connectivity index (χ1) is 11.3. The Morgan fingerprint density at radius 2 is 2.35 bits per heavy atom. The molecule has 1 aliphatic rings. The number of rotatable bonds is 4. The summed E-state index contributed by atoms with van der Waals surface area (Å²) >= 11 is 3.05. The van der Waals surface area contributed by atoms with E-state index >= 15 is 0 Å². The molecule has 3 aromatic rings. The van der Waals surface area contributed by atoms with Gasteiger partial charge in [-0.1, -0.05) is 0 Å². The predicted molar refractivity (Wildman–Crippen MR) is 91.8 cm³/mol. The fourth-order valence-electron chi connectivity index (χ4n) is 2.71. The Kier molecular flexibility index (Phi) is 3.97. The summed E-state index contributed by atoms with van der Waals surface area (Å²) in [5.41, 5.74) is 2.00. The van der Waals surface area contributed by atoms with Crippen LogP contribution in [-0.2, 0) is 19.5 Å². The van der Waals surface area contributed by atoms with Gasteiger partial charge in [0.2, 0.25) is 0 Å². The predicted octanol–water partition coefficient (Wildman–Crippen LogP) is 3.33. The Hall–Kier alpha value is -1.99. The highest BCUT2D eigenvalue weighted by Gasteiger charge is 2.15. The van der Waals surface area contributed by atoms with Crippen LogP contribution in [-0.4, -0.2) is 20.4 Å². The van der Waals surface area contributed by atoms with Crippen LogP contribution in [0.15, 0.2) is 29.2 Å². The highest BCUT2D eigenvalue weighted by molar-refractivity contribution is 7.17. The molecule has 0 fully saturated rings. The van der Waals surface area contributed by atoms with Gasteiger partial charge in [0.25, 0.3) is 5.91 Å². The molecule has 1 N–H and O–H groups in total. The fourth-order valence-corrected chi connectivity index (χ4v) is 4.26. The number of thiophene rings is 1. The van der Waals surface area contributed by atoms with Crippen LogP contribution in [0.5, 0.6) is 0 Å². The van der Waals surface area contributed by atoms with Gasteiger partial charge >= 0.3 is 0 Å². The van der Waals surface area contributed by atoms with E-state index in [0.717, 1.165) is 35.1 Å². The highest BCUT2D eigenvalue weighted by atomic mass is 32.1. The second-order valence-electron chi connectivity index (χ2n) is 5.52. The van der Waals surface area contributed by atoms with Crippen LogP contribution in [0.1, 0.15) is 34.0 Å². The molecule has 1 aliphatic heterocycles. The quantitative estimate of drug-likeness (QED) is 0.790. The molecule has 4 heterocycles. The Morgan fingerprint density at radius 3 is 3.17 bits per heavy atom. The lowest BCUT2D eigenvalue weighted by molar-refractivity contribution is 0.0954. The number of fused-ring (bicyclic) bond motifs is 1. The van der Waals surface area contributed by atoms with E-state index in [9.17, 15) is 4.79 Å². The van der Waals surface area contributed by atoms with Gasteiger partial charge in [-0.05, 0) is 24.3 Å².